The number of likely N-dealkylation sites (N-methyl/N-ethyl adjacent to an activating group) is 1. The highest BCUT2D eigenvalue weighted by Crippen LogP contribution is 2.31. The first-order valence-electron chi connectivity index (χ1n) is 11.4. The Bertz CT molecular complexity index is 1060. The van der Waals surface area contributed by atoms with Gasteiger partial charge in [-0.3, -0.25) is 9.78 Å². The third kappa shape index (κ3) is 6.19. The van der Waals surface area contributed by atoms with E-state index in [4.69, 9.17) is 0 Å². The maximum atomic E-state index is 13.1. The van der Waals surface area contributed by atoms with E-state index in [9.17, 15) is 13.2 Å². The van der Waals surface area contributed by atoms with Crippen molar-refractivity contribution in [1.82, 2.24) is 14.2 Å². The number of piperazine rings is 1. The Morgan fingerprint density at radius 1 is 1.09 bits per heavy atom. The fourth-order valence-electron chi connectivity index (χ4n) is 3.88. The summed E-state index contributed by atoms with van der Waals surface area (Å²) < 4.78 is 27.6. The number of hydrogen-bond donors (Lipinski definition) is 1. The smallest absolute Gasteiger partial charge is 0.248 e. The maximum absolute atomic E-state index is 13.1. The molecule has 1 aromatic carbocycles. The molecule has 33 heavy (non-hydrogen) atoms. The topological polar surface area (TPSA) is 85.9 Å². The van der Waals surface area contributed by atoms with E-state index in [1.54, 1.807) is 36.5 Å². The van der Waals surface area contributed by atoms with Gasteiger partial charge >= 0.3 is 0 Å². The van der Waals surface area contributed by atoms with E-state index < -0.39 is 10.0 Å². The zero-order valence-corrected chi connectivity index (χ0v) is 20.4. The molecule has 9 heteroatoms. The van der Waals surface area contributed by atoms with Crippen molar-refractivity contribution in [2.45, 2.75) is 25.7 Å². The van der Waals surface area contributed by atoms with Gasteiger partial charge in [0.1, 0.15) is 0 Å². The van der Waals surface area contributed by atoms with Crippen LogP contribution in [0.25, 0.3) is 6.08 Å². The predicted octanol–water partition coefficient (Wildman–Crippen LogP) is 2.91. The van der Waals surface area contributed by atoms with Crippen molar-refractivity contribution in [3.05, 3.63) is 54.4 Å². The van der Waals surface area contributed by atoms with Gasteiger partial charge in [0.15, 0.2) is 0 Å². The van der Waals surface area contributed by atoms with Crippen LogP contribution in [0, 0.1) is 0 Å². The molecule has 1 amide bonds. The number of nitrogens with zero attached hydrogens (tertiary/aromatic N) is 4. The van der Waals surface area contributed by atoms with Gasteiger partial charge in [-0.25, -0.2) is 8.42 Å². The van der Waals surface area contributed by atoms with Crippen molar-refractivity contribution in [1.29, 1.82) is 0 Å². The van der Waals surface area contributed by atoms with Crippen molar-refractivity contribution >= 4 is 33.4 Å². The Morgan fingerprint density at radius 2 is 1.82 bits per heavy atom. The Morgan fingerprint density at radius 3 is 2.42 bits per heavy atom. The summed E-state index contributed by atoms with van der Waals surface area (Å²) in [5, 5.41) is 2.90. The molecule has 1 aromatic heterocycles. The van der Waals surface area contributed by atoms with E-state index in [2.05, 4.69) is 27.0 Å². The lowest BCUT2D eigenvalue weighted by atomic mass is 10.2. The number of nitrogens with one attached hydrogen (secondary N) is 1. The molecule has 1 aliphatic heterocycles. The number of carbonyl (C=O) groups excluding carboxylic acids is 1. The van der Waals surface area contributed by atoms with Gasteiger partial charge in [-0.05, 0) is 43.0 Å². The van der Waals surface area contributed by atoms with Crippen LogP contribution in [-0.2, 0) is 14.8 Å². The Kier molecular flexibility index (Phi) is 8.60. The van der Waals surface area contributed by atoms with Crippen molar-refractivity contribution < 1.29 is 13.2 Å². The fourth-order valence-corrected chi connectivity index (χ4v) is 5.36. The zero-order chi connectivity index (χ0) is 23.8. The van der Waals surface area contributed by atoms with Gasteiger partial charge in [0, 0.05) is 51.5 Å². The van der Waals surface area contributed by atoms with Crippen molar-refractivity contribution in [3.8, 4) is 0 Å². The molecule has 0 aliphatic carbocycles. The molecular formula is C24H33N5O3S. The summed E-state index contributed by atoms with van der Waals surface area (Å²) in [6, 6.07) is 10.5. The van der Waals surface area contributed by atoms with Crippen LogP contribution in [0.5, 0.6) is 0 Å². The van der Waals surface area contributed by atoms with Gasteiger partial charge < -0.3 is 15.1 Å². The van der Waals surface area contributed by atoms with Crippen LogP contribution in [0.3, 0.4) is 0 Å². The molecule has 2 heterocycles. The van der Waals surface area contributed by atoms with Gasteiger partial charge in [-0.2, -0.15) is 4.31 Å². The maximum Gasteiger partial charge on any atom is 0.248 e. The fraction of sp³-hybridized carbons (Fsp3) is 0.417. The Hall–Kier alpha value is -2.75. The SMILES string of the molecule is CCN1CCN(c2ccc(S(=O)(=O)N(CC)CC)cc2NC(=O)/C=C/c2ccccn2)CC1. The molecule has 0 unspecified atom stereocenters. The number of carbonyl (C=O) groups is 1. The first-order chi connectivity index (χ1) is 15.9. The van der Waals surface area contributed by atoms with Crippen molar-refractivity contribution in [3.63, 3.8) is 0 Å². The van der Waals surface area contributed by atoms with Crippen LogP contribution in [0.4, 0.5) is 11.4 Å². The highest BCUT2D eigenvalue weighted by Gasteiger charge is 2.25. The van der Waals surface area contributed by atoms with E-state index in [-0.39, 0.29) is 10.8 Å². The lowest BCUT2D eigenvalue weighted by Gasteiger charge is -2.36. The highest BCUT2D eigenvalue weighted by molar-refractivity contribution is 7.89. The Balaban J connectivity index is 1.91. The van der Waals surface area contributed by atoms with Crippen LogP contribution in [0.1, 0.15) is 26.5 Å². The first-order valence-corrected chi connectivity index (χ1v) is 12.8. The number of anilines is 2. The standard InChI is InChI=1S/C24H33N5O3S/c1-4-27-15-17-28(18-16-27)23-12-11-21(33(31,32)29(5-2)6-3)19-22(23)26-24(30)13-10-20-9-7-8-14-25-20/h7-14,19H,4-6,15-18H2,1-3H3,(H,26,30)/b13-10+. The number of rotatable bonds is 9. The molecule has 8 nitrogen and oxygen atoms in total. The first kappa shape index (κ1) is 24.9. The minimum atomic E-state index is -3.65. The summed E-state index contributed by atoms with van der Waals surface area (Å²) in [5.74, 6) is -0.341. The van der Waals surface area contributed by atoms with Gasteiger partial charge in [0.2, 0.25) is 15.9 Å². The second-order valence-corrected chi connectivity index (χ2v) is 9.70. The molecule has 1 N–H and O–H groups in total. The molecule has 178 valence electrons. The summed E-state index contributed by atoms with van der Waals surface area (Å²) in [5.41, 5.74) is 1.98. The number of hydrogen-bond acceptors (Lipinski definition) is 6. The predicted molar refractivity (Wildman–Crippen MR) is 133 cm³/mol. The largest absolute Gasteiger partial charge is 0.367 e. The number of amides is 1. The van der Waals surface area contributed by atoms with E-state index in [1.807, 2.05) is 26.0 Å². The monoisotopic (exact) mass is 471 g/mol. The zero-order valence-electron chi connectivity index (χ0n) is 19.6. The van der Waals surface area contributed by atoms with Crippen LogP contribution >= 0.6 is 0 Å². The van der Waals surface area contributed by atoms with Gasteiger partial charge in [-0.1, -0.05) is 26.8 Å². The molecule has 0 atom stereocenters. The second kappa shape index (κ2) is 11.4. The quantitative estimate of drug-likeness (QED) is 0.566. The average molecular weight is 472 g/mol. The Labute approximate surface area is 197 Å². The van der Waals surface area contributed by atoms with Crippen LogP contribution in [0.2, 0.25) is 0 Å². The third-order valence-electron chi connectivity index (χ3n) is 5.82. The molecule has 0 radical (unpaired) electrons. The molecule has 2 aromatic rings. The summed E-state index contributed by atoms with van der Waals surface area (Å²) in [7, 11) is -3.65. The molecule has 1 fully saturated rings. The van der Waals surface area contributed by atoms with E-state index in [0.717, 1.165) is 38.4 Å². The summed E-state index contributed by atoms with van der Waals surface area (Å²) in [4.78, 5) is 21.6. The number of aromatic nitrogens is 1. The van der Waals surface area contributed by atoms with Crippen LogP contribution in [-0.4, -0.2) is 74.3 Å². The lowest BCUT2D eigenvalue weighted by molar-refractivity contribution is -0.111. The molecule has 0 bridgehead atoms. The number of benzene rings is 1. The van der Waals surface area contributed by atoms with Crippen LogP contribution < -0.4 is 10.2 Å². The third-order valence-corrected chi connectivity index (χ3v) is 7.87. The lowest BCUT2D eigenvalue weighted by Crippen LogP contribution is -2.46. The minimum absolute atomic E-state index is 0.172. The van der Waals surface area contributed by atoms with Gasteiger partial charge in [-0.15, -0.1) is 0 Å². The molecule has 1 aliphatic rings. The molecule has 1 saturated heterocycles. The number of pyridine rings is 1. The van der Waals surface area contributed by atoms with E-state index >= 15 is 0 Å². The van der Waals surface area contributed by atoms with Gasteiger partial charge in [0.05, 0.1) is 22.0 Å². The molecular weight excluding hydrogens is 438 g/mol. The average Bonchev–Trinajstić information content (AvgIpc) is 2.84. The van der Waals surface area contributed by atoms with E-state index in [0.29, 0.717) is 24.5 Å². The second-order valence-electron chi connectivity index (χ2n) is 7.77. The van der Waals surface area contributed by atoms with Crippen molar-refractivity contribution in [2.75, 3.05) is 56.0 Å². The molecule has 0 saturated carbocycles. The number of sulfonamides is 1. The van der Waals surface area contributed by atoms with Crippen molar-refractivity contribution in [2.24, 2.45) is 0 Å². The molecule has 3 rings (SSSR count). The van der Waals surface area contributed by atoms with Crippen LogP contribution in [0.15, 0.2) is 53.6 Å². The summed E-state index contributed by atoms with van der Waals surface area (Å²) >= 11 is 0. The van der Waals surface area contributed by atoms with Gasteiger partial charge in [0.25, 0.3) is 0 Å². The summed E-state index contributed by atoms with van der Waals surface area (Å²) in [6.07, 6.45) is 4.70. The minimum Gasteiger partial charge on any atom is -0.367 e. The summed E-state index contributed by atoms with van der Waals surface area (Å²) in [6.45, 7) is 11.0. The highest BCUT2D eigenvalue weighted by atomic mass is 32.2. The molecule has 0 spiro atoms. The normalized spacial score (nSPS) is 15.3. The van der Waals surface area contributed by atoms with E-state index in [1.165, 1.54) is 10.4 Å².